The van der Waals surface area contributed by atoms with Crippen molar-refractivity contribution in [1.29, 1.82) is 0 Å². The van der Waals surface area contributed by atoms with Crippen LogP contribution in [-0.2, 0) is 12.7 Å². The van der Waals surface area contributed by atoms with Crippen molar-refractivity contribution in [2.75, 3.05) is 14.2 Å². The molecular weight excluding hydrogens is 537 g/mol. The van der Waals surface area contributed by atoms with E-state index in [4.69, 9.17) is 19.6 Å². The molecule has 202 valence electrons. The number of fused-ring (bicyclic) bond motifs is 2. The summed E-state index contributed by atoms with van der Waals surface area (Å²) in [7, 11) is 2.84. The third-order valence-corrected chi connectivity index (χ3v) is 6.88. The first-order valence-electron chi connectivity index (χ1n) is 11.5. The Balaban J connectivity index is 1.50. The summed E-state index contributed by atoms with van der Waals surface area (Å²) in [4.78, 5) is 29.7. The standard InChI is InChI=1S/C25H21F3N6O4S/c1-11(29)20-19(22(35)30-8-12-9-39-21-17(12)31-10-32-24(21)37-3)34-23(38-20)14-4-6-15(36-2)18-13(14)5-7-16(33-18)25(26,27)28/h4-7,9-11H,8,29H2,1-3H3,(H,30,35)/t11-/m0/s1. The average Bonchev–Trinajstić information content (AvgIpc) is 3.55. The van der Waals surface area contributed by atoms with Crippen molar-refractivity contribution >= 4 is 38.4 Å². The number of hydrogen-bond acceptors (Lipinski definition) is 10. The van der Waals surface area contributed by atoms with Crippen molar-refractivity contribution in [1.82, 2.24) is 25.3 Å². The zero-order valence-corrected chi connectivity index (χ0v) is 21.6. The molecule has 0 bridgehead atoms. The Kier molecular flexibility index (Phi) is 6.82. The molecule has 0 aliphatic heterocycles. The van der Waals surface area contributed by atoms with Crippen LogP contribution < -0.4 is 20.5 Å². The Morgan fingerprint density at radius 2 is 1.92 bits per heavy atom. The van der Waals surface area contributed by atoms with Crippen LogP contribution in [0.25, 0.3) is 32.6 Å². The molecule has 0 unspecified atom stereocenters. The molecule has 3 N–H and O–H groups in total. The SMILES string of the molecule is COc1ccc(-c2nc(C(=O)NCc3csc4c(OC)ncnc34)c([C@H](C)N)o2)c2ccc(C(F)(F)F)nc12. The molecule has 39 heavy (non-hydrogen) atoms. The quantitative estimate of drug-likeness (QED) is 0.286. The number of methoxy groups -OCH3 is 2. The molecule has 4 heterocycles. The van der Waals surface area contributed by atoms with Crippen LogP contribution in [-0.4, -0.2) is 40.1 Å². The number of carbonyl (C=O) groups is 1. The predicted molar refractivity (Wildman–Crippen MR) is 137 cm³/mol. The number of rotatable bonds is 7. The number of ether oxygens (including phenoxy) is 2. The third kappa shape index (κ3) is 4.83. The number of halogens is 3. The van der Waals surface area contributed by atoms with Gasteiger partial charge in [-0.05, 0) is 36.6 Å². The molecule has 0 radical (unpaired) electrons. The highest BCUT2D eigenvalue weighted by Crippen LogP contribution is 2.37. The van der Waals surface area contributed by atoms with Crippen LogP contribution in [0.15, 0.2) is 40.4 Å². The van der Waals surface area contributed by atoms with E-state index in [0.717, 1.165) is 16.3 Å². The van der Waals surface area contributed by atoms with Gasteiger partial charge in [0.25, 0.3) is 5.91 Å². The fourth-order valence-electron chi connectivity index (χ4n) is 4.03. The van der Waals surface area contributed by atoms with Gasteiger partial charge in [-0.2, -0.15) is 13.2 Å². The molecule has 0 aliphatic carbocycles. The Bertz CT molecular complexity index is 1700. The number of alkyl halides is 3. The Labute approximate surface area is 223 Å². The maximum Gasteiger partial charge on any atom is 0.433 e. The minimum absolute atomic E-state index is 0.000113. The van der Waals surface area contributed by atoms with E-state index in [1.807, 2.05) is 5.38 Å². The van der Waals surface area contributed by atoms with E-state index in [9.17, 15) is 18.0 Å². The number of carbonyl (C=O) groups excluding carboxylic acids is 1. The van der Waals surface area contributed by atoms with Gasteiger partial charge < -0.3 is 24.9 Å². The van der Waals surface area contributed by atoms with Gasteiger partial charge in [0.15, 0.2) is 11.5 Å². The van der Waals surface area contributed by atoms with Crippen LogP contribution in [0.5, 0.6) is 11.6 Å². The topological polar surface area (TPSA) is 138 Å². The minimum Gasteiger partial charge on any atom is -0.494 e. The van der Waals surface area contributed by atoms with E-state index in [0.29, 0.717) is 22.3 Å². The lowest BCUT2D eigenvalue weighted by Crippen LogP contribution is -2.25. The van der Waals surface area contributed by atoms with E-state index in [-0.39, 0.29) is 35.2 Å². The summed E-state index contributed by atoms with van der Waals surface area (Å²) in [5, 5.41) is 4.94. The largest absolute Gasteiger partial charge is 0.494 e. The lowest BCUT2D eigenvalue weighted by Gasteiger charge is -2.11. The molecule has 5 aromatic rings. The van der Waals surface area contributed by atoms with Crippen molar-refractivity contribution in [2.45, 2.75) is 25.7 Å². The van der Waals surface area contributed by atoms with E-state index in [1.165, 1.54) is 44.0 Å². The summed E-state index contributed by atoms with van der Waals surface area (Å²) in [6.45, 7) is 1.76. The van der Waals surface area contributed by atoms with E-state index < -0.39 is 23.8 Å². The molecule has 10 nitrogen and oxygen atoms in total. The first kappa shape index (κ1) is 26.3. The predicted octanol–water partition coefficient (Wildman–Crippen LogP) is 4.88. The Morgan fingerprint density at radius 3 is 2.62 bits per heavy atom. The van der Waals surface area contributed by atoms with Gasteiger partial charge in [0.2, 0.25) is 11.8 Å². The fourth-order valence-corrected chi connectivity index (χ4v) is 5.02. The van der Waals surface area contributed by atoms with E-state index in [1.54, 1.807) is 13.0 Å². The van der Waals surface area contributed by atoms with Crippen molar-refractivity contribution in [3.8, 4) is 23.1 Å². The highest BCUT2D eigenvalue weighted by atomic mass is 32.1. The van der Waals surface area contributed by atoms with Crippen LogP contribution in [0.3, 0.4) is 0 Å². The summed E-state index contributed by atoms with van der Waals surface area (Å²) in [6.07, 6.45) is -3.26. The van der Waals surface area contributed by atoms with Gasteiger partial charge in [0.05, 0.1) is 25.8 Å². The summed E-state index contributed by atoms with van der Waals surface area (Å²) >= 11 is 1.39. The number of nitrogens with zero attached hydrogens (tertiary/aromatic N) is 4. The molecule has 1 atom stereocenters. The number of hydrogen-bond donors (Lipinski definition) is 2. The molecule has 0 aliphatic rings. The number of benzene rings is 1. The van der Waals surface area contributed by atoms with Crippen molar-refractivity contribution < 1.29 is 31.9 Å². The molecule has 1 aromatic carbocycles. The van der Waals surface area contributed by atoms with Crippen molar-refractivity contribution in [3.05, 3.63) is 58.7 Å². The molecule has 14 heteroatoms. The third-order valence-electron chi connectivity index (χ3n) is 5.87. The lowest BCUT2D eigenvalue weighted by molar-refractivity contribution is -0.140. The lowest BCUT2D eigenvalue weighted by atomic mass is 10.1. The molecule has 0 saturated heterocycles. The number of pyridine rings is 1. The molecular formula is C25H21F3N6O4S. The first-order chi connectivity index (χ1) is 18.6. The highest BCUT2D eigenvalue weighted by molar-refractivity contribution is 7.17. The highest BCUT2D eigenvalue weighted by Gasteiger charge is 2.33. The first-order valence-corrected chi connectivity index (χ1v) is 12.3. The van der Waals surface area contributed by atoms with Crippen LogP contribution in [0.2, 0.25) is 0 Å². The van der Waals surface area contributed by atoms with Crippen LogP contribution >= 0.6 is 11.3 Å². The number of amides is 1. The monoisotopic (exact) mass is 558 g/mol. The van der Waals surface area contributed by atoms with Gasteiger partial charge >= 0.3 is 6.18 Å². The normalized spacial score (nSPS) is 12.6. The summed E-state index contributed by atoms with van der Waals surface area (Å²) in [5.74, 6) is 0.144. The summed E-state index contributed by atoms with van der Waals surface area (Å²) in [6, 6.07) is 4.44. The molecule has 1 amide bonds. The van der Waals surface area contributed by atoms with Crippen LogP contribution in [0, 0.1) is 0 Å². The van der Waals surface area contributed by atoms with E-state index >= 15 is 0 Å². The molecule has 4 aromatic heterocycles. The fraction of sp³-hybridized carbons (Fsp3) is 0.240. The van der Waals surface area contributed by atoms with Crippen LogP contribution in [0.1, 0.15) is 40.5 Å². The van der Waals surface area contributed by atoms with Gasteiger partial charge in [-0.25, -0.2) is 19.9 Å². The second-order valence-corrected chi connectivity index (χ2v) is 9.31. The van der Waals surface area contributed by atoms with Gasteiger partial charge in [-0.1, -0.05) is 0 Å². The maximum atomic E-state index is 13.3. The second-order valence-electron chi connectivity index (χ2n) is 8.43. The molecule has 0 saturated carbocycles. The van der Waals surface area contributed by atoms with Gasteiger partial charge in [-0.15, -0.1) is 11.3 Å². The number of oxazole rings is 1. The maximum absolute atomic E-state index is 13.3. The zero-order chi connectivity index (χ0) is 27.9. The zero-order valence-electron chi connectivity index (χ0n) is 20.8. The minimum atomic E-state index is -4.64. The van der Waals surface area contributed by atoms with Crippen molar-refractivity contribution in [2.24, 2.45) is 5.73 Å². The second kappa shape index (κ2) is 10.1. The Morgan fingerprint density at radius 1 is 1.13 bits per heavy atom. The number of aromatic nitrogens is 4. The smallest absolute Gasteiger partial charge is 0.433 e. The van der Waals surface area contributed by atoms with E-state index in [2.05, 4.69) is 25.3 Å². The van der Waals surface area contributed by atoms with Gasteiger partial charge in [0.1, 0.15) is 28.0 Å². The summed E-state index contributed by atoms with van der Waals surface area (Å²) in [5.41, 5.74) is 6.64. The molecule has 0 spiro atoms. The van der Waals surface area contributed by atoms with Crippen LogP contribution in [0.4, 0.5) is 13.2 Å². The average molecular weight is 559 g/mol. The number of nitrogens with two attached hydrogens (primary N) is 1. The Hall–Kier alpha value is -4.30. The number of thiophene rings is 1. The molecule has 0 fully saturated rings. The van der Waals surface area contributed by atoms with Gasteiger partial charge in [-0.3, -0.25) is 4.79 Å². The van der Waals surface area contributed by atoms with Gasteiger partial charge in [0, 0.05) is 23.1 Å². The summed E-state index contributed by atoms with van der Waals surface area (Å²) < 4.78 is 57.0. The van der Waals surface area contributed by atoms with Crippen molar-refractivity contribution in [3.63, 3.8) is 0 Å². The number of nitrogens with one attached hydrogen (secondary N) is 1. The molecule has 5 rings (SSSR count).